The molecule has 0 bridgehead atoms. The van der Waals surface area contributed by atoms with Crippen molar-refractivity contribution in [2.75, 3.05) is 20.2 Å². The largest absolute Gasteiger partial charge is 0.496 e. The van der Waals surface area contributed by atoms with E-state index in [1.165, 1.54) is 19.2 Å². The van der Waals surface area contributed by atoms with Gasteiger partial charge < -0.3 is 9.84 Å². The van der Waals surface area contributed by atoms with Gasteiger partial charge in [0.15, 0.2) is 0 Å². The maximum atomic E-state index is 12.7. The van der Waals surface area contributed by atoms with Gasteiger partial charge >= 0.3 is 0 Å². The molecule has 2 atom stereocenters. The SMILES string of the molecule is COc1ccc(S(=O)(=O)N2CC(C)CC(C)C2)cc1CO. The lowest BCUT2D eigenvalue weighted by Gasteiger charge is -2.34. The van der Waals surface area contributed by atoms with Crippen molar-refractivity contribution in [1.82, 2.24) is 4.31 Å². The third kappa shape index (κ3) is 3.39. The third-order valence-electron chi connectivity index (χ3n) is 3.90. The molecule has 0 aliphatic carbocycles. The number of sulfonamides is 1. The zero-order valence-electron chi connectivity index (χ0n) is 12.7. The zero-order valence-corrected chi connectivity index (χ0v) is 13.6. The maximum Gasteiger partial charge on any atom is 0.243 e. The zero-order chi connectivity index (χ0) is 15.6. The van der Waals surface area contributed by atoms with Crippen LogP contribution in [0, 0.1) is 11.8 Å². The number of nitrogens with zero attached hydrogens (tertiary/aromatic N) is 1. The van der Waals surface area contributed by atoms with Crippen LogP contribution in [0.2, 0.25) is 0 Å². The average Bonchev–Trinajstić information content (AvgIpc) is 2.45. The topological polar surface area (TPSA) is 66.8 Å². The van der Waals surface area contributed by atoms with E-state index in [-0.39, 0.29) is 11.5 Å². The lowest BCUT2D eigenvalue weighted by molar-refractivity contribution is 0.222. The summed E-state index contributed by atoms with van der Waals surface area (Å²) in [6.07, 6.45) is 1.05. The minimum atomic E-state index is -3.52. The summed E-state index contributed by atoms with van der Waals surface area (Å²) in [5.74, 6) is 1.22. The molecule has 1 N–H and O–H groups in total. The highest BCUT2D eigenvalue weighted by Gasteiger charge is 2.31. The first-order chi connectivity index (χ1) is 9.88. The Labute approximate surface area is 126 Å². The molecule has 1 fully saturated rings. The van der Waals surface area contributed by atoms with Gasteiger partial charge in [-0.15, -0.1) is 0 Å². The van der Waals surface area contributed by atoms with Crippen molar-refractivity contribution >= 4 is 10.0 Å². The highest BCUT2D eigenvalue weighted by atomic mass is 32.2. The molecule has 1 saturated heterocycles. The van der Waals surface area contributed by atoms with Crippen LogP contribution < -0.4 is 4.74 Å². The lowest BCUT2D eigenvalue weighted by atomic mass is 9.94. The first kappa shape index (κ1) is 16.3. The van der Waals surface area contributed by atoms with E-state index in [0.717, 1.165) is 6.42 Å². The summed E-state index contributed by atoms with van der Waals surface area (Å²) in [7, 11) is -2.02. The molecular weight excluding hydrogens is 290 g/mol. The molecule has 0 radical (unpaired) electrons. The van der Waals surface area contributed by atoms with Crippen molar-refractivity contribution in [3.63, 3.8) is 0 Å². The summed E-state index contributed by atoms with van der Waals surface area (Å²) < 4.78 is 32.2. The molecule has 21 heavy (non-hydrogen) atoms. The number of aliphatic hydroxyl groups is 1. The summed E-state index contributed by atoms with van der Waals surface area (Å²) in [6.45, 7) is 5.00. The van der Waals surface area contributed by atoms with Gasteiger partial charge in [0.25, 0.3) is 0 Å². The number of aliphatic hydroxyl groups excluding tert-OH is 1. The predicted molar refractivity (Wildman–Crippen MR) is 80.6 cm³/mol. The molecule has 1 heterocycles. The van der Waals surface area contributed by atoms with E-state index in [1.807, 2.05) is 0 Å². The Morgan fingerprint density at radius 2 is 1.90 bits per heavy atom. The number of hydrogen-bond donors (Lipinski definition) is 1. The normalized spacial score (nSPS) is 24.0. The van der Waals surface area contributed by atoms with Crippen LogP contribution in [0.5, 0.6) is 5.75 Å². The first-order valence-corrected chi connectivity index (χ1v) is 8.60. The van der Waals surface area contributed by atoms with E-state index in [9.17, 15) is 13.5 Å². The molecule has 5 nitrogen and oxygen atoms in total. The Bertz CT molecular complexity index is 590. The van der Waals surface area contributed by atoms with Crippen molar-refractivity contribution in [3.8, 4) is 5.75 Å². The van der Waals surface area contributed by atoms with Crippen LogP contribution in [-0.2, 0) is 16.6 Å². The first-order valence-electron chi connectivity index (χ1n) is 7.16. The van der Waals surface area contributed by atoms with Gasteiger partial charge in [0, 0.05) is 18.7 Å². The molecule has 2 unspecified atom stereocenters. The van der Waals surface area contributed by atoms with Gasteiger partial charge in [-0.2, -0.15) is 4.31 Å². The quantitative estimate of drug-likeness (QED) is 0.921. The number of methoxy groups -OCH3 is 1. The summed E-state index contributed by atoms with van der Waals surface area (Å²) in [4.78, 5) is 0.216. The molecular formula is C15H23NO4S. The van der Waals surface area contributed by atoms with E-state index in [2.05, 4.69) is 13.8 Å². The molecule has 6 heteroatoms. The third-order valence-corrected chi connectivity index (χ3v) is 5.72. The second kappa shape index (κ2) is 6.34. The molecule has 2 rings (SSSR count). The van der Waals surface area contributed by atoms with E-state index in [4.69, 9.17) is 4.74 Å². The standard InChI is InChI=1S/C15H23NO4S/c1-11-6-12(2)9-16(8-11)21(18,19)14-4-5-15(20-3)13(7-14)10-17/h4-5,7,11-12,17H,6,8-10H2,1-3H3. The Morgan fingerprint density at radius 3 is 2.43 bits per heavy atom. The van der Waals surface area contributed by atoms with Gasteiger partial charge in [0.05, 0.1) is 18.6 Å². The molecule has 1 aromatic carbocycles. The number of piperidine rings is 1. The number of rotatable bonds is 4. The van der Waals surface area contributed by atoms with Gasteiger partial charge in [0.1, 0.15) is 5.75 Å². The lowest BCUT2D eigenvalue weighted by Crippen LogP contribution is -2.42. The van der Waals surface area contributed by atoms with Crippen molar-refractivity contribution in [2.24, 2.45) is 11.8 Å². The Morgan fingerprint density at radius 1 is 1.29 bits per heavy atom. The van der Waals surface area contributed by atoms with Crippen LogP contribution in [-0.4, -0.2) is 38.0 Å². The molecule has 1 aliphatic heterocycles. The van der Waals surface area contributed by atoms with Crippen LogP contribution in [0.25, 0.3) is 0 Å². The van der Waals surface area contributed by atoms with Crippen molar-refractivity contribution in [1.29, 1.82) is 0 Å². The molecule has 0 aromatic heterocycles. The van der Waals surface area contributed by atoms with Crippen LogP contribution in [0.15, 0.2) is 23.1 Å². The van der Waals surface area contributed by atoms with Crippen molar-refractivity contribution < 1.29 is 18.3 Å². The van der Waals surface area contributed by atoms with Crippen LogP contribution in [0.4, 0.5) is 0 Å². The summed E-state index contributed by atoms with van der Waals surface area (Å²) in [5.41, 5.74) is 0.483. The monoisotopic (exact) mass is 313 g/mol. The second-order valence-electron chi connectivity index (χ2n) is 5.90. The van der Waals surface area contributed by atoms with Gasteiger partial charge in [0.2, 0.25) is 10.0 Å². The summed E-state index contributed by atoms with van der Waals surface area (Å²) in [6, 6.07) is 4.63. The fourth-order valence-electron chi connectivity index (χ4n) is 2.99. The number of benzene rings is 1. The van der Waals surface area contributed by atoms with E-state index >= 15 is 0 Å². The van der Waals surface area contributed by atoms with Gasteiger partial charge in [-0.25, -0.2) is 8.42 Å². The molecule has 1 aromatic rings. The minimum Gasteiger partial charge on any atom is -0.496 e. The summed E-state index contributed by atoms with van der Waals surface area (Å²) in [5, 5.41) is 9.35. The number of hydrogen-bond acceptors (Lipinski definition) is 4. The van der Waals surface area contributed by atoms with Crippen LogP contribution >= 0.6 is 0 Å². The molecule has 0 spiro atoms. The fraction of sp³-hybridized carbons (Fsp3) is 0.600. The van der Waals surface area contributed by atoms with Gasteiger partial charge in [-0.3, -0.25) is 0 Å². The van der Waals surface area contributed by atoms with Gasteiger partial charge in [-0.05, 0) is 36.5 Å². The maximum absolute atomic E-state index is 12.7. The highest BCUT2D eigenvalue weighted by Crippen LogP contribution is 2.29. The highest BCUT2D eigenvalue weighted by molar-refractivity contribution is 7.89. The van der Waals surface area contributed by atoms with Crippen molar-refractivity contribution in [2.45, 2.75) is 31.8 Å². The van der Waals surface area contributed by atoms with Crippen LogP contribution in [0.3, 0.4) is 0 Å². The Balaban J connectivity index is 2.35. The van der Waals surface area contributed by atoms with E-state index < -0.39 is 10.0 Å². The second-order valence-corrected chi connectivity index (χ2v) is 7.84. The van der Waals surface area contributed by atoms with Crippen LogP contribution in [0.1, 0.15) is 25.8 Å². The molecule has 0 saturated carbocycles. The fourth-order valence-corrected chi connectivity index (χ4v) is 4.72. The minimum absolute atomic E-state index is 0.216. The molecule has 0 amide bonds. The number of ether oxygens (including phenoxy) is 1. The van der Waals surface area contributed by atoms with Gasteiger partial charge in [-0.1, -0.05) is 13.8 Å². The Kier molecular flexibility index (Phi) is 4.91. The Hall–Kier alpha value is -1.11. The van der Waals surface area contributed by atoms with E-state index in [1.54, 1.807) is 10.4 Å². The summed E-state index contributed by atoms with van der Waals surface area (Å²) >= 11 is 0. The van der Waals surface area contributed by atoms with E-state index in [0.29, 0.717) is 36.2 Å². The predicted octanol–water partition coefficient (Wildman–Crippen LogP) is 1.85. The molecule has 118 valence electrons. The van der Waals surface area contributed by atoms with Crippen molar-refractivity contribution in [3.05, 3.63) is 23.8 Å². The smallest absolute Gasteiger partial charge is 0.243 e. The average molecular weight is 313 g/mol. The molecule has 1 aliphatic rings.